The van der Waals surface area contributed by atoms with Gasteiger partial charge in [0.25, 0.3) is 0 Å². The Hall–Kier alpha value is -0.770. The number of aryl methyl sites for hydroxylation is 2. The molecule has 0 saturated heterocycles. The van der Waals surface area contributed by atoms with Gasteiger partial charge in [0.05, 0.1) is 0 Å². The minimum atomic E-state index is -0.427. The number of hydrogen-bond donors (Lipinski definition) is 2. The first kappa shape index (κ1) is 16.6. The van der Waals surface area contributed by atoms with Crippen LogP contribution in [-0.4, -0.2) is 30.4 Å². The van der Waals surface area contributed by atoms with Gasteiger partial charge in [0, 0.05) is 12.6 Å². The lowest BCUT2D eigenvalue weighted by atomic mass is 10.1. The smallest absolute Gasteiger partial charge is 0.119 e. The third-order valence-electron chi connectivity index (χ3n) is 4.51. The van der Waals surface area contributed by atoms with Gasteiger partial charge < -0.3 is 15.2 Å². The molecule has 0 bridgehead atoms. The Balaban J connectivity index is 0.00000161. The van der Waals surface area contributed by atoms with E-state index in [2.05, 4.69) is 17.4 Å². The number of rotatable bonds is 6. The number of nitrogens with one attached hydrogen (secondary N) is 1. The summed E-state index contributed by atoms with van der Waals surface area (Å²) in [5.41, 5.74) is 2.88. The highest BCUT2D eigenvalue weighted by Gasteiger charge is 2.16. The number of benzene rings is 1. The molecule has 1 saturated carbocycles. The van der Waals surface area contributed by atoms with Crippen LogP contribution in [0.15, 0.2) is 18.2 Å². The van der Waals surface area contributed by atoms with Gasteiger partial charge in [0.1, 0.15) is 18.5 Å². The number of fused-ring (bicyclic) bond motifs is 1. The summed E-state index contributed by atoms with van der Waals surface area (Å²) in [7, 11) is 0. The van der Waals surface area contributed by atoms with Crippen LogP contribution in [0.4, 0.5) is 0 Å². The largest absolute Gasteiger partial charge is 0.491 e. The molecule has 1 atom stereocenters. The second-order valence-corrected chi connectivity index (χ2v) is 6.14. The Morgan fingerprint density at radius 1 is 1.14 bits per heavy atom. The van der Waals surface area contributed by atoms with Crippen LogP contribution in [0.2, 0.25) is 0 Å². The molecule has 1 unspecified atom stereocenters. The van der Waals surface area contributed by atoms with Crippen molar-refractivity contribution in [3.05, 3.63) is 29.3 Å². The predicted molar refractivity (Wildman–Crippen MR) is 87.5 cm³/mol. The Labute approximate surface area is 133 Å². The molecule has 1 aromatic carbocycles. The van der Waals surface area contributed by atoms with Crippen molar-refractivity contribution < 1.29 is 9.84 Å². The molecule has 0 heterocycles. The van der Waals surface area contributed by atoms with E-state index >= 15 is 0 Å². The van der Waals surface area contributed by atoms with Crippen LogP contribution in [0.5, 0.6) is 5.75 Å². The van der Waals surface area contributed by atoms with Crippen molar-refractivity contribution in [3.8, 4) is 5.75 Å². The van der Waals surface area contributed by atoms with Crippen molar-refractivity contribution >= 4 is 12.4 Å². The zero-order valence-electron chi connectivity index (χ0n) is 12.5. The highest BCUT2D eigenvalue weighted by molar-refractivity contribution is 5.85. The summed E-state index contributed by atoms with van der Waals surface area (Å²) in [4.78, 5) is 0. The van der Waals surface area contributed by atoms with Crippen molar-refractivity contribution in [2.75, 3.05) is 13.2 Å². The Morgan fingerprint density at radius 2 is 1.90 bits per heavy atom. The predicted octanol–water partition coefficient (Wildman–Crippen LogP) is 2.87. The number of aliphatic hydroxyl groups is 1. The molecule has 3 nitrogen and oxygen atoms in total. The molecule has 0 spiro atoms. The maximum atomic E-state index is 9.98. The van der Waals surface area contributed by atoms with E-state index in [-0.39, 0.29) is 12.4 Å². The molecular formula is C17H26ClNO2. The molecule has 21 heavy (non-hydrogen) atoms. The van der Waals surface area contributed by atoms with Gasteiger partial charge in [0.2, 0.25) is 0 Å². The normalized spacial score (nSPS) is 19.1. The summed E-state index contributed by atoms with van der Waals surface area (Å²) in [5, 5.41) is 13.4. The highest BCUT2D eigenvalue weighted by atomic mass is 35.5. The van der Waals surface area contributed by atoms with Crippen LogP contribution >= 0.6 is 12.4 Å². The zero-order valence-corrected chi connectivity index (χ0v) is 13.3. The molecule has 0 aliphatic heterocycles. The molecule has 0 amide bonds. The molecule has 2 aliphatic rings. The van der Waals surface area contributed by atoms with Gasteiger partial charge in [0.15, 0.2) is 0 Å². The second kappa shape index (κ2) is 8.02. The minimum Gasteiger partial charge on any atom is -0.491 e. The fourth-order valence-corrected chi connectivity index (χ4v) is 3.32. The lowest BCUT2D eigenvalue weighted by molar-refractivity contribution is 0.104. The standard InChI is InChI=1S/C17H25NO2.ClH/c19-16(11-18-15-6-1-2-7-15)12-20-17-9-8-13-4-3-5-14(13)10-17;/h8-10,15-16,18-19H,1-7,11-12H2;1H. The van der Waals surface area contributed by atoms with E-state index in [4.69, 9.17) is 4.74 Å². The van der Waals surface area contributed by atoms with Gasteiger partial charge in [-0.15, -0.1) is 12.4 Å². The Morgan fingerprint density at radius 3 is 2.71 bits per heavy atom. The maximum Gasteiger partial charge on any atom is 0.119 e. The number of aliphatic hydroxyl groups excluding tert-OH is 1. The molecule has 0 radical (unpaired) electrons. The minimum absolute atomic E-state index is 0. The van der Waals surface area contributed by atoms with E-state index in [9.17, 15) is 5.11 Å². The number of ether oxygens (including phenoxy) is 1. The third kappa shape index (κ3) is 4.60. The summed E-state index contributed by atoms with van der Waals surface area (Å²) < 4.78 is 5.72. The first-order chi connectivity index (χ1) is 9.81. The van der Waals surface area contributed by atoms with Gasteiger partial charge in [-0.25, -0.2) is 0 Å². The molecule has 1 fully saturated rings. The molecule has 0 aromatic heterocycles. The average molecular weight is 312 g/mol. The summed E-state index contributed by atoms with van der Waals surface area (Å²) in [6.07, 6.45) is 8.33. The van der Waals surface area contributed by atoms with E-state index in [1.807, 2.05) is 6.07 Å². The number of hydrogen-bond acceptors (Lipinski definition) is 3. The van der Waals surface area contributed by atoms with Crippen LogP contribution in [0.25, 0.3) is 0 Å². The van der Waals surface area contributed by atoms with Gasteiger partial charge >= 0.3 is 0 Å². The lowest BCUT2D eigenvalue weighted by Gasteiger charge is -2.17. The first-order valence-electron chi connectivity index (χ1n) is 7.97. The summed E-state index contributed by atoms with van der Waals surface area (Å²) in [6, 6.07) is 6.94. The van der Waals surface area contributed by atoms with Crippen LogP contribution in [0.1, 0.15) is 43.2 Å². The van der Waals surface area contributed by atoms with E-state index < -0.39 is 6.10 Å². The first-order valence-corrected chi connectivity index (χ1v) is 7.97. The van der Waals surface area contributed by atoms with Gasteiger partial charge in [-0.2, -0.15) is 0 Å². The monoisotopic (exact) mass is 311 g/mol. The summed E-state index contributed by atoms with van der Waals surface area (Å²) in [5.74, 6) is 0.894. The molecular weight excluding hydrogens is 286 g/mol. The molecule has 118 valence electrons. The average Bonchev–Trinajstić information content (AvgIpc) is 3.13. The van der Waals surface area contributed by atoms with E-state index in [1.165, 1.54) is 56.1 Å². The Bertz CT molecular complexity index is 446. The molecule has 4 heteroatoms. The zero-order chi connectivity index (χ0) is 13.8. The van der Waals surface area contributed by atoms with Crippen LogP contribution in [-0.2, 0) is 12.8 Å². The molecule has 2 aliphatic carbocycles. The van der Waals surface area contributed by atoms with Gasteiger partial charge in [-0.05, 0) is 55.4 Å². The summed E-state index contributed by atoms with van der Waals surface area (Å²) in [6.45, 7) is 1.01. The van der Waals surface area contributed by atoms with Crippen molar-refractivity contribution in [3.63, 3.8) is 0 Å². The lowest BCUT2D eigenvalue weighted by Crippen LogP contribution is -2.36. The van der Waals surface area contributed by atoms with Crippen molar-refractivity contribution in [2.24, 2.45) is 0 Å². The van der Waals surface area contributed by atoms with E-state index in [1.54, 1.807) is 0 Å². The van der Waals surface area contributed by atoms with Crippen molar-refractivity contribution in [2.45, 2.75) is 57.1 Å². The maximum absolute atomic E-state index is 9.98. The summed E-state index contributed by atoms with van der Waals surface area (Å²) >= 11 is 0. The quantitative estimate of drug-likeness (QED) is 0.849. The fourth-order valence-electron chi connectivity index (χ4n) is 3.32. The SMILES string of the molecule is Cl.OC(CNC1CCCC1)COc1ccc2c(c1)CCC2. The van der Waals surface area contributed by atoms with Crippen LogP contribution in [0, 0.1) is 0 Å². The number of halogens is 1. The van der Waals surface area contributed by atoms with Crippen LogP contribution in [0.3, 0.4) is 0 Å². The molecule has 2 N–H and O–H groups in total. The van der Waals surface area contributed by atoms with E-state index in [0.717, 1.165) is 5.75 Å². The topological polar surface area (TPSA) is 41.5 Å². The van der Waals surface area contributed by atoms with Gasteiger partial charge in [-0.3, -0.25) is 0 Å². The van der Waals surface area contributed by atoms with E-state index in [0.29, 0.717) is 19.2 Å². The second-order valence-electron chi connectivity index (χ2n) is 6.14. The van der Waals surface area contributed by atoms with Crippen LogP contribution < -0.4 is 10.1 Å². The highest BCUT2D eigenvalue weighted by Crippen LogP contribution is 2.26. The van der Waals surface area contributed by atoms with Gasteiger partial charge in [-0.1, -0.05) is 18.9 Å². The fraction of sp³-hybridized carbons (Fsp3) is 0.647. The van der Waals surface area contributed by atoms with Crippen molar-refractivity contribution in [1.29, 1.82) is 0 Å². The third-order valence-corrected chi connectivity index (χ3v) is 4.51. The van der Waals surface area contributed by atoms with Crippen molar-refractivity contribution in [1.82, 2.24) is 5.32 Å². The molecule has 3 rings (SSSR count). The molecule has 1 aromatic rings. The Kier molecular flexibility index (Phi) is 6.34.